The number of benzene rings is 1. The van der Waals surface area contributed by atoms with Crippen molar-refractivity contribution in [2.75, 3.05) is 11.6 Å². The highest BCUT2D eigenvalue weighted by Crippen LogP contribution is 2.15. The monoisotopic (exact) mass is 247 g/mol. The van der Waals surface area contributed by atoms with Crippen molar-refractivity contribution in [2.24, 2.45) is 0 Å². The number of hydrogen-bond donors (Lipinski definition) is 1. The third-order valence-electron chi connectivity index (χ3n) is 2.06. The molecular weight excluding hydrogens is 234 g/mol. The highest BCUT2D eigenvalue weighted by molar-refractivity contribution is 7.89. The van der Waals surface area contributed by atoms with Gasteiger partial charge in [-0.1, -0.05) is 30.3 Å². The number of halogens is 1. The average Bonchev–Trinajstić information content (AvgIpc) is 2.27. The molecular formula is C10H14ClNO2S. The second-order valence-electron chi connectivity index (χ2n) is 3.14. The van der Waals surface area contributed by atoms with Gasteiger partial charge in [-0.2, -0.15) is 0 Å². The van der Waals surface area contributed by atoms with Gasteiger partial charge in [0.15, 0.2) is 0 Å². The first-order valence-corrected chi connectivity index (χ1v) is 6.88. The van der Waals surface area contributed by atoms with Gasteiger partial charge in [0.2, 0.25) is 10.0 Å². The first-order chi connectivity index (χ1) is 7.09. The van der Waals surface area contributed by atoms with Crippen LogP contribution in [0.2, 0.25) is 0 Å². The molecule has 1 atom stereocenters. The molecule has 84 valence electrons. The zero-order valence-electron chi connectivity index (χ0n) is 8.48. The van der Waals surface area contributed by atoms with Crippen molar-refractivity contribution in [1.29, 1.82) is 0 Å². The largest absolute Gasteiger partial charge is 0.212 e. The normalized spacial score (nSPS) is 13.7. The first kappa shape index (κ1) is 12.5. The van der Waals surface area contributed by atoms with Crippen LogP contribution < -0.4 is 4.72 Å². The maximum absolute atomic E-state index is 11.4. The molecule has 5 heteroatoms. The van der Waals surface area contributed by atoms with Crippen LogP contribution in [-0.4, -0.2) is 20.1 Å². The fourth-order valence-corrected chi connectivity index (χ4v) is 2.34. The van der Waals surface area contributed by atoms with Crippen molar-refractivity contribution in [1.82, 2.24) is 4.72 Å². The molecule has 0 bridgehead atoms. The van der Waals surface area contributed by atoms with Crippen molar-refractivity contribution < 1.29 is 8.42 Å². The summed E-state index contributed by atoms with van der Waals surface area (Å²) in [5.41, 5.74) is 0.879. The fourth-order valence-electron chi connectivity index (χ4n) is 1.17. The van der Waals surface area contributed by atoms with Crippen LogP contribution in [0.5, 0.6) is 0 Å². The van der Waals surface area contributed by atoms with E-state index in [0.29, 0.717) is 0 Å². The lowest BCUT2D eigenvalue weighted by atomic mass is 10.1. The van der Waals surface area contributed by atoms with Crippen LogP contribution in [0.1, 0.15) is 18.5 Å². The third kappa shape index (κ3) is 3.81. The van der Waals surface area contributed by atoms with E-state index in [0.717, 1.165) is 5.56 Å². The van der Waals surface area contributed by atoms with Crippen molar-refractivity contribution in [2.45, 2.75) is 13.0 Å². The summed E-state index contributed by atoms with van der Waals surface area (Å²) in [4.78, 5) is 0. The summed E-state index contributed by atoms with van der Waals surface area (Å²) in [6.45, 7) is 1.60. The number of alkyl halides is 1. The predicted molar refractivity (Wildman–Crippen MR) is 62.5 cm³/mol. The fraction of sp³-hybridized carbons (Fsp3) is 0.400. The molecule has 0 aliphatic rings. The molecule has 0 amide bonds. The summed E-state index contributed by atoms with van der Waals surface area (Å²) >= 11 is 5.74. The van der Waals surface area contributed by atoms with Crippen LogP contribution in [0.25, 0.3) is 0 Å². The lowest BCUT2D eigenvalue weighted by molar-refractivity contribution is 0.569. The number of nitrogens with one attached hydrogen (secondary N) is 1. The summed E-state index contributed by atoms with van der Waals surface area (Å²) < 4.78 is 25.3. The summed E-state index contributed by atoms with van der Waals surface area (Å²) in [6, 6.07) is 8.95. The second-order valence-corrected chi connectivity index (χ2v) is 5.49. The molecule has 15 heavy (non-hydrogen) atoms. The van der Waals surface area contributed by atoms with Crippen LogP contribution in [0.15, 0.2) is 30.3 Å². The van der Waals surface area contributed by atoms with Crippen molar-refractivity contribution in [3.05, 3.63) is 35.9 Å². The molecule has 1 aromatic carbocycles. The minimum absolute atomic E-state index is 0.0627. The van der Waals surface area contributed by atoms with Crippen molar-refractivity contribution in [3.63, 3.8) is 0 Å². The van der Waals surface area contributed by atoms with Gasteiger partial charge in [-0.15, -0.1) is 11.6 Å². The van der Waals surface area contributed by atoms with Crippen LogP contribution in [0.3, 0.4) is 0 Å². The first-order valence-electron chi connectivity index (χ1n) is 4.70. The van der Waals surface area contributed by atoms with E-state index in [1.54, 1.807) is 6.92 Å². The summed E-state index contributed by atoms with van der Waals surface area (Å²) in [5, 5.41) is 0. The van der Waals surface area contributed by atoms with E-state index >= 15 is 0 Å². The Hall–Kier alpha value is -0.580. The summed E-state index contributed by atoms with van der Waals surface area (Å²) in [6.07, 6.45) is 0. The van der Waals surface area contributed by atoms with Gasteiger partial charge in [-0.25, -0.2) is 13.1 Å². The van der Waals surface area contributed by atoms with Gasteiger partial charge >= 0.3 is 0 Å². The smallest absolute Gasteiger partial charge is 0.211 e. The van der Waals surface area contributed by atoms with Crippen molar-refractivity contribution >= 4 is 21.6 Å². The quantitative estimate of drug-likeness (QED) is 0.808. The molecule has 0 fully saturated rings. The van der Waals surface area contributed by atoms with Crippen LogP contribution in [0.4, 0.5) is 0 Å². The predicted octanol–water partition coefficient (Wildman–Crippen LogP) is 1.91. The van der Waals surface area contributed by atoms with E-state index in [1.165, 1.54) is 0 Å². The molecule has 0 radical (unpaired) electrons. The Morgan fingerprint density at radius 2 is 1.93 bits per heavy atom. The standard InChI is InChI=1S/C10H14ClNO2S/c1-2-15(13,14)12-10(8-11)9-6-4-3-5-7-9/h3-7,10,12H,2,8H2,1H3. The maximum Gasteiger partial charge on any atom is 0.211 e. The molecule has 1 rings (SSSR count). The van der Waals surface area contributed by atoms with E-state index in [1.807, 2.05) is 30.3 Å². The number of rotatable bonds is 5. The highest BCUT2D eigenvalue weighted by atomic mass is 35.5. The van der Waals surface area contributed by atoms with Gasteiger partial charge in [0, 0.05) is 5.88 Å². The second kappa shape index (κ2) is 5.49. The zero-order chi connectivity index (χ0) is 11.3. The Morgan fingerprint density at radius 3 is 2.40 bits per heavy atom. The van der Waals surface area contributed by atoms with E-state index in [-0.39, 0.29) is 17.7 Å². The van der Waals surface area contributed by atoms with Gasteiger partial charge in [-0.05, 0) is 12.5 Å². The molecule has 1 aromatic rings. The minimum Gasteiger partial charge on any atom is -0.212 e. The van der Waals surface area contributed by atoms with Gasteiger partial charge in [0.25, 0.3) is 0 Å². The van der Waals surface area contributed by atoms with E-state index in [2.05, 4.69) is 4.72 Å². The van der Waals surface area contributed by atoms with Crippen LogP contribution in [-0.2, 0) is 10.0 Å². The topological polar surface area (TPSA) is 46.2 Å². The molecule has 0 aromatic heterocycles. The Kier molecular flexibility index (Phi) is 4.57. The Balaban J connectivity index is 2.83. The molecule has 0 aliphatic heterocycles. The van der Waals surface area contributed by atoms with E-state index < -0.39 is 10.0 Å². The molecule has 1 N–H and O–H groups in total. The van der Waals surface area contributed by atoms with Gasteiger partial charge in [-0.3, -0.25) is 0 Å². The Morgan fingerprint density at radius 1 is 1.33 bits per heavy atom. The van der Waals surface area contributed by atoms with Crippen LogP contribution in [0, 0.1) is 0 Å². The van der Waals surface area contributed by atoms with Gasteiger partial charge in [0.05, 0.1) is 11.8 Å². The molecule has 0 saturated heterocycles. The number of sulfonamides is 1. The average molecular weight is 248 g/mol. The van der Waals surface area contributed by atoms with Gasteiger partial charge < -0.3 is 0 Å². The summed E-state index contributed by atoms with van der Waals surface area (Å²) in [7, 11) is -3.21. The van der Waals surface area contributed by atoms with E-state index in [4.69, 9.17) is 11.6 Å². The maximum atomic E-state index is 11.4. The molecule has 1 unspecified atom stereocenters. The SMILES string of the molecule is CCS(=O)(=O)NC(CCl)c1ccccc1. The van der Waals surface area contributed by atoms with E-state index in [9.17, 15) is 8.42 Å². The van der Waals surface area contributed by atoms with Crippen molar-refractivity contribution in [3.8, 4) is 0 Å². The summed E-state index contributed by atoms with van der Waals surface area (Å²) in [5.74, 6) is 0.288. The lowest BCUT2D eigenvalue weighted by Gasteiger charge is -2.15. The Bertz CT molecular complexity index is 391. The lowest BCUT2D eigenvalue weighted by Crippen LogP contribution is -2.30. The zero-order valence-corrected chi connectivity index (χ0v) is 10.1. The molecule has 0 heterocycles. The third-order valence-corrected chi connectivity index (χ3v) is 3.77. The molecule has 3 nitrogen and oxygen atoms in total. The van der Waals surface area contributed by atoms with Gasteiger partial charge in [0.1, 0.15) is 0 Å². The molecule has 0 aliphatic carbocycles. The minimum atomic E-state index is -3.21. The molecule has 0 spiro atoms. The highest BCUT2D eigenvalue weighted by Gasteiger charge is 2.16. The number of hydrogen-bond acceptors (Lipinski definition) is 2. The molecule has 0 saturated carbocycles. The Labute approximate surface area is 95.5 Å². The van der Waals surface area contributed by atoms with Crippen LogP contribution >= 0.6 is 11.6 Å².